The summed E-state index contributed by atoms with van der Waals surface area (Å²) >= 11 is 0. The highest BCUT2D eigenvalue weighted by Gasteiger charge is 2.30. The molecule has 0 radical (unpaired) electrons. The molecule has 2 aromatic rings. The van der Waals surface area contributed by atoms with Gasteiger partial charge in [-0.15, -0.1) is 0 Å². The summed E-state index contributed by atoms with van der Waals surface area (Å²) in [6.07, 6.45) is 1.96. The highest BCUT2D eigenvalue weighted by molar-refractivity contribution is 5.94. The normalized spacial score (nSPS) is 17.7. The fourth-order valence-corrected chi connectivity index (χ4v) is 3.21. The van der Waals surface area contributed by atoms with E-state index in [-0.39, 0.29) is 17.5 Å². The summed E-state index contributed by atoms with van der Waals surface area (Å²) in [5.41, 5.74) is 3.33. The summed E-state index contributed by atoms with van der Waals surface area (Å²) in [4.78, 5) is 29.0. The summed E-state index contributed by atoms with van der Waals surface area (Å²) in [6.45, 7) is 4.59. The monoisotopic (exact) mass is 296 g/mol. The van der Waals surface area contributed by atoms with Gasteiger partial charge in [0.15, 0.2) is 0 Å². The number of hydrogen-bond donors (Lipinski definition) is 1. The van der Waals surface area contributed by atoms with Crippen LogP contribution in [0, 0.1) is 13.8 Å². The Morgan fingerprint density at radius 3 is 2.77 bits per heavy atom. The second-order valence-electron chi connectivity index (χ2n) is 5.99. The number of H-pyrrole nitrogens is 1. The number of likely N-dealkylation sites (tertiary alicyclic amines) is 1. The minimum Gasteiger partial charge on any atom is -0.332 e. The van der Waals surface area contributed by atoms with Crippen LogP contribution in [0.1, 0.15) is 46.1 Å². The fraction of sp³-hybridized carbons (Fsp3) is 0.333. The third kappa shape index (κ3) is 2.82. The number of rotatable bonds is 2. The van der Waals surface area contributed by atoms with E-state index in [9.17, 15) is 9.59 Å². The molecule has 0 saturated carbocycles. The van der Waals surface area contributed by atoms with Gasteiger partial charge in [0.25, 0.3) is 5.91 Å². The van der Waals surface area contributed by atoms with E-state index in [1.165, 1.54) is 17.2 Å². The smallest absolute Gasteiger partial charge is 0.254 e. The molecule has 0 spiro atoms. The van der Waals surface area contributed by atoms with Crippen molar-refractivity contribution in [2.24, 2.45) is 0 Å². The van der Waals surface area contributed by atoms with Crippen molar-refractivity contribution in [3.8, 4) is 0 Å². The van der Waals surface area contributed by atoms with Gasteiger partial charge in [-0.2, -0.15) is 0 Å². The van der Waals surface area contributed by atoms with Gasteiger partial charge >= 0.3 is 0 Å². The van der Waals surface area contributed by atoms with Gasteiger partial charge in [-0.3, -0.25) is 9.59 Å². The molecule has 1 aromatic heterocycles. The van der Waals surface area contributed by atoms with E-state index >= 15 is 0 Å². The Labute approximate surface area is 129 Å². The van der Waals surface area contributed by atoms with E-state index in [4.69, 9.17) is 0 Å². The molecule has 1 amide bonds. The van der Waals surface area contributed by atoms with Crippen LogP contribution in [-0.2, 0) is 0 Å². The van der Waals surface area contributed by atoms with Crippen molar-refractivity contribution in [2.45, 2.75) is 32.7 Å². The molecular weight excluding hydrogens is 276 g/mol. The lowest BCUT2D eigenvalue weighted by Gasteiger charge is -2.25. The standard InChI is InChI=1S/C18H20N2O2/c1-12-5-3-6-14(9-12)16-7-4-8-20(16)18(22)15-10-13(2)19-17(21)11-15/h3,5-6,9-11,16H,4,7-8H2,1-2H3,(H,19,21). The van der Waals surface area contributed by atoms with Crippen molar-refractivity contribution in [1.29, 1.82) is 0 Å². The Morgan fingerprint density at radius 2 is 2.05 bits per heavy atom. The van der Waals surface area contributed by atoms with Crippen LogP contribution in [0.3, 0.4) is 0 Å². The molecular formula is C18H20N2O2. The molecule has 1 aliphatic rings. The van der Waals surface area contributed by atoms with Crippen LogP contribution in [0.25, 0.3) is 0 Å². The van der Waals surface area contributed by atoms with E-state index in [1.807, 2.05) is 11.0 Å². The zero-order valence-corrected chi connectivity index (χ0v) is 12.9. The molecule has 1 aliphatic heterocycles. The van der Waals surface area contributed by atoms with Crippen LogP contribution >= 0.6 is 0 Å². The molecule has 1 aromatic carbocycles. The number of benzene rings is 1. The maximum atomic E-state index is 12.8. The molecule has 22 heavy (non-hydrogen) atoms. The maximum Gasteiger partial charge on any atom is 0.254 e. The number of aromatic amines is 1. The topological polar surface area (TPSA) is 53.2 Å². The van der Waals surface area contributed by atoms with E-state index in [0.717, 1.165) is 19.4 Å². The van der Waals surface area contributed by atoms with Gasteiger partial charge < -0.3 is 9.88 Å². The van der Waals surface area contributed by atoms with Crippen molar-refractivity contribution < 1.29 is 4.79 Å². The minimum atomic E-state index is -0.227. The van der Waals surface area contributed by atoms with E-state index in [0.29, 0.717) is 11.3 Å². The van der Waals surface area contributed by atoms with Gasteiger partial charge in [0.2, 0.25) is 5.56 Å². The van der Waals surface area contributed by atoms with Gasteiger partial charge in [-0.05, 0) is 38.3 Å². The zero-order chi connectivity index (χ0) is 15.7. The van der Waals surface area contributed by atoms with Gasteiger partial charge in [0.05, 0.1) is 6.04 Å². The van der Waals surface area contributed by atoms with Crippen molar-refractivity contribution in [3.05, 3.63) is 69.1 Å². The van der Waals surface area contributed by atoms with Crippen molar-refractivity contribution in [1.82, 2.24) is 9.88 Å². The third-order valence-corrected chi connectivity index (χ3v) is 4.17. The number of carbonyl (C=O) groups excluding carboxylic acids is 1. The molecule has 114 valence electrons. The highest BCUT2D eigenvalue weighted by Crippen LogP contribution is 2.33. The summed E-state index contributed by atoms with van der Waals surface area (Å²) < 4.78 is 0. The molecule has 4 nitrogen and oxygen atoms in total. The van der Waals surface area contributed by atoms with Crippen molar-refractivity contribution >= 4 is 5.91 Å². The summed E-state index contributed by atoms with van der Waals surface area (Å²) in [7, 11) is 0. The van der Waals surface area contributed by atoms with Gasteiger partial charge in [0.1, 0.15) is 0 Å². The van der Waals surface area contributed by atoms with Crippen LogP contribution in [0.15, 0.2) is 41.2 Å². The quantitative estimate of drug-likeness (QED) is 0.926. The summed E-state index contributed by atoms with van der Waals surface area (Å²) in [5.74, 6) is -0.0572. The van der Waals surface area contributed by atoms with E-state index in [2.05, 4.69) is 30.1 Å². The number of hydrogen-bond acceptors (Lipinski definition) is 2. The third-order valence-electron chi connectivity index (χ3n) is 4.17. The average Bonchev–Trinajstić information content (AvgIpc) is 2.94. The van der Waals surface area contributed by atoms with Crippen LogP contribution in [0.2, 0.25) is 0 Å². The highest BCUT2D eigenvalue weighted by atomic mass is 16.2. The predicted octanol–water partition coefficient (Wildman–Crippen LogP) is 2.97. The largest absolute Gasteiger partial charge is 0.332 e. The van der Waals surface area contributed by atoms with Gasteiger partial charge in [-0.1, -0.05) is 29.8 Å². The van der Waals surface area contributed by atoms with Crippen LogP contribution in [-0.4, -0.2) is 22.3 Å². The van der Waals surface area contributed by atoms with Crippen molar-refractivity contribution in [2.75, 3.05) is 6.54 Å². The molecule has 2 heterocycles. The molecule has 1 atom stereocenters. The van der Waals surface area contributed by atoms with E-state index < -0.39 is 0 Å². The average molecular weight is 296 g/mol. The van der Waals surface area contributed by atoms with Crippen LogP contribution in [0.4, 0.5) is 0 Å². The first-order valence-electron chi connectivity index (χ1n) is 7.63. The number of nitrogens with zero attached hydrogens (tertiary/aromatic N) is 1. The number of aryl methyl sites for hydroxylation is 2. The molecule has 1 unspecified atom stereocenters. The zero-order valence-electron chi connectivity index (χ0n) is 12.9. The second-order valence-corrected chi connectivity index (χ2v) is 5.99. The lowest BCUT2D eigenvalue weighted by molar-refractivity contribution is 0.0735. The number of carbonyl (C=O) groups is 1. The Kier molecular flexibility index (Phi) is 3.84. The number of pyridine rings is 1. The molecule has 0 aliphatic carbocycles. The van der Waals surface area contributed by atoms with Crippen LogP contribution in [0.5, 0.6) is 0 Å². The fourth-order valence-electron chi connectivity index (χ4n) is 3.21. The van der Waals surface area contributed by atoms with Crippen molar-refractivity contribution in [3.63, 3.8) is 0 Å². The Hall–Kier alpha value is -2.36. The Balaban J connectivity index is 1.92. The number of aromatic nitrogens is 1. The molecule has 3 rings (SSSR count). The Morgan fingerprint density at radius 1 is 1.23 bits per heavy atom. The molecule has 0 bridgehead atoms. The Bertz CT molecular complexity index is 764. The SMILES string of the molecule is Cc1cccc(C2CCCN2C(=O)c2cc(C)[nH]c(=O)c2)c1. The lowest BCUT2D eigenvalue weighted by atomic mass is 10.0. The van der Waals surface area contributed by atoms with Crippen LogP contribution < -0.4 is 5.56 Å². The van der Waals surface area contributed by atoms with Gasteiger partial charge in [-0.25, -0.2) is 0 Å². The van der Waals surface area contributed by atoms with E-state index in [1.54, 1.807) is 13.0 Å². The number of amides is 1. The molecule has 4 heteroatoms. The summed E-state index contributed by atoms with van der Waals surface area (Å²) in [5, 5.41) is 0. The maximum absolute atomic E-state index is 12.8. The molecule has 1 fully saturated rings. The molecule has 1 saturated heterocycles. The van der Waals surface area contributed by atoms with Gasteiger partial charge in [0, 0.05) is 23.9 Å². The number of nitrogens with one attached hydrogen (secondary N) is 1. The summed E-state index contributed by atoms with van der Waals surface area (Å²) in [6, 6.07) is 11.5. The molecule has 1 N–H and O–H groups in total. The second kappa shape index (κ2) is 5.79. The first kappa shape index (κ1) is 14.6. The first-order valence-corrected chi connectivity index (χ1v) is 7.63. The lowest BCUT2D eigenvalue weighted by Crippen LogP contribution is -2.31. The predicted molar refractivity (Wildman–Crippen MR) is 86.0 cm³/mol. The minimum absolute atomic E-state index is 0.0572. The first-order chi connectivity index (χ1) is 10.5.